The van der Waals surface area contributed by atoms with Crippen molar-refractivity contribution in [1.29, 1.82) is 0 Å². The smallest absolute Gasteiger partial charge is 0.325 e. The molecule has 0 amide bonds. The number of hydrogen-bond donors (Lipinski definition) is 1. The van der Waals surface area contributed by atoms with Crippen LogP contribution in [0.15, 0.2) is 40.6 Å². The Morgan fingerprint density at radius 3 is 2.57 bits per heavy atom. The lowest BCUT2D eigenvalue weighted by molar-refractivity contribution is -0.649. The molecule has 4 aromatic rings. The average molecular weight is 372 g/mol. The Bertz CT molecular complexity index is 1210. The van der Waals surface area contributed by atoms with Crippen LogP contribution in [0.3, 0.4) is 0 Å². The first-order valence-electron chi connectivity index (χ1n) is 8.72. The Balaban J connectivity index is 1.81. The Hall–Kier alpha value is -3.80. The van der Waals surface area contributed by atoms with E-state index in [9.17, 15) is 0 Å². The molecule has 0 aliphatic carbocycles. The molecule has 0 saturated heterocycles. The van der Waals surface area contributed by atoms with Crippen LogP contribution in [-0.2, 0) is 5.41 Å². The third-order valence-electron chi connectivity index (χ3n) is 4.18. The fraction of sp³-hybridized carbons (Fsp3) is 0.263. The van der Waals surface area contributed by atoms with Crippen molar-refractivity contribution in [2.75, 3.05) is 0 Å². The fourth-order valence-electron chi connectivity index (χ4n) is 2.87. The van der Waals surface area contributed by atoms with Crippen molar-refractivity contribution >= 4 is 22.8 Å². The average Bonchev–Trinajstić information content (AvgIpc) is 3.32. The molecule has 28 heavy (non-hydrogen) atoms. The number of hydrogen-bond acceptors (Lipinski definition) is 4. The lowest BCUT2D eigenvalue weighted by Crippen LogP contribution is -2.31. The third kappa shape index (κ3) is 2.95. The third-order valence-corrected chi connectivity index (χ3v) is 4.18. The van der Waals surface area contributed by atoms with Crippen molar-refractivity contribution in [3.8, 4) is 11.3 Å². The highest BCUT2D eigenvalue weighted by molar-refractivity contribution is 5.82. The van der Waals surface area contributed by atoms with E-state index in [-0.39, 0.29) is 11.2 Å². The molecule has 0 atom stereocenters. The maximum atomic E-state index is 7.54. The Morgan fingerprint density at radius 2 is 1.89 bits per heavy atom. The number of H-pyrrole nitrogens is 1. The van der Waals surface area contributed by atoms with Crippen molar-refractivity contribution in [3.63, 3.8) is 0 Å². The van der Waals surface area contributed by atoms with Crippen LogP contribution in [0.1, 0.15) is 32.3 Å². The molecule has 9 heteroatoms. The molecule has 140 valence electrons. The van der Waals surface area contributed by atoms with E-state index >= 15 is 0 Å². The van der Waals surface area contributed by atoms with Gasteiger partial charge in [0.15, 0.2) is 5.69 Å². The van der Waals surface area contributed by atoms with Gasteiger partial charge in [-0.25, -0.2) is 4.85 Å². The maximum Gasteiger partial charge on any atom is 0.325 e. The van der Waals surface area contributed by atoms with E-state index in [1.807, 2.05) is 51.1 Å². The molecule has 0 aliphatic heterocycles. The van der Waals surface area contributed by atoms with E-state index < -0.39 is 0 Å². The summed E-state index contributed by atoms with van der Waals surface area (Å²) in [4.78, 5) is 8.00. The number of benzene rings is 1. The molecule has 0 spiro atoms. The Labute approximate surface area is 161 Å². The lowest BCUT2D eigenvalue weighted by atomic mass is 9.91. The minimum Gasteiger partial charge on any atom is -0.509 e. The molecule has 3 aromatic heterocycles. The quantitative estimate of drug-likeness (QED) is 0.336. The van der Waals surface area contributed by atoms with Crippen molar-refractivity contribution in [2.24, 2.45) is 10.2 Å². The van der Waals surface area contributed by atoms with E-state index in [1.54, 1.807) is 6.92 Å². The summed E-state index contributed by atoms with van der Waals surface area (Å²) in [6, 6.07) is 9.54. The highest BCUT2D eigenvalue weighted by atomic mass is 15.5. The largest absolute Gasteiger partial charge is 0.509 e. The summed E-state index contributed by atoms with van der Waals surface area (Å²) in [6.45, 7) is 15.4. The van der Waals surface area contributed by atoms with Gasteiger partial charge in [0, 0.05) is 0 Å². The summed E-state index contributed by atoms with van der Waals surface area (Å²) in [5.74, 6) is 0.830. The zero-order chi connectivity index (χ0) is 19.9. The van der Waals surface area contributed by atoms with Gasteiger partial charge in [-0.05, 0) is 17.9 Å². The lowest BCUT2D eigenvalue weighted by Gasteiger charge is -2.23. The minimum absolute atomic E-state index is 0.226. The van der Waals surface area contributed by atoms with Gasteiger partial charge >= 0.3 is 5.65 Å². The number of aromatic amines is 1. The van der Waals surface area contributed by atoms with Gasteiger partial charge in [0.05, 0.1) is 18.1 Å². The van der Waals surface area contributed by atoms with Crippen LogP contribution in [0.4, 0.5) is 17.2 Å². The molecule has 0 fully saturated rings. The molecule has 0 aliphatic rings. The first-order chi connectivity index (χ1) is 13.4. The number of azo groups is 1. The summed E-state index contributed by atoms with van der Waals surface area (Å²) in [6.07, 6.45) is 0. The SMILES string of the molecule is [C-]#[N+]c1c(N=Nc2c(C(C)(C)C)[n-][n+]3[n-]c(C)nc23)n[nH]c1-c1ccccc1. The topological polar surface area (TPSA) is 103 Å². The second-order valence-corrected chi connectivity index (χ2v) is 7.37. The van der Waals surface area contributed by atoms with Crippen molar-refractivity contribution < 1.29 is 4.63 Å². The van der Waals surface area contributed by atoms with Crippen molar-refractivity contribution in [2.45, 2.75) is 33.1 Å². The van der Waals surface area contributed by atoms with Crippen molar-refractivity contribution in [1.82, 2.24) is 25.4 Å². The van der Waals surface area contributed by atoms with E-state index in [0.29, 0.717) is 28.5 Å². The highest BCUT2D eigenvalue weighted by Gasteiger charge is 2.21. The number of nitrogens with zero attached hydrogens (tertiary/aromatic N) is 8. The van der Waals surface area contributed by atoms with Gasteiger partial charge in [0.25, 0.3) is 5.69 Å². The number of rotatable bonds is 3. The molecule has 1 aromatic carbocycles. The molecule has 1 N–H and O–H groups in total. The van der Waals surface area contributed by atoms with E-state index in [4.69, 9.17) is 6.57 Å². The Kier molecular flexibility index (Phi) is 4.04. The standard InChI is InChI=1S/C19H18N9/c1-11-21-18-15(16(19(2,3)4)27-28(18)26-11)23-25-17-14(20-5)13(22-24-17)12-9-7-6-8-10-12/h6-10H,1-4H3,(H-,21,22,24,26)/q-1. The van der Waals surface area contributed by atoms with Crippen LogP contribution in [0, 0.1) is 13.5 Å². The minimum atomic E-state index is -0.270. The van der Waals surface area contributed by atoms with Gasteiger partial charge in [0.1, 0.15) is 0 Å². The summed E-state index contributed by atoms with van der Waals surface area (Å²) in [5.41, 5.74) is 3.33. The Morgan fingerprint density at radius 1 is 1.14 bits per heavy atom. The van der Waals surface area contributed by atoms with Crippen LogP contribution in [0.2, 0.25) is 0 Å². The van der Waals surface area contributed by atoms with Gasteiger partial charge < -0.3 is 14.8 Å². The van der Waals surface area contributed by atoms with Crippen LogP contribution in [0.25, 0.3) is 21.7 Å². The first kappa shape index (κ1) is 17.6. The first-order valence-corrected chi connectivity index (χ1v) is 8.72. The number of fused-ring (bicyclic) bond motifs is 1. The monoisotopic (exact) mass is 372 g/mol. The van der Waals surface area contributed by atoms with Gasteiger partial charge in [-0.2, -0.15) is 5.10 Å². The number of nitrogens with one attached hydrogen (secondary N) is 1. The highest BCUT2D eigenvalue weighted by Crippen LogP contribution is 2.38. The van der Waals surface area contributed by atoms with Crippen LogP contribution >= 0.6 is 0 Å². The summed E-state index contributed by atoms with van der Waals surface area (Å²) < 4.78 is 1.47. The van der Waals surface area contributed by atoms with Crippen LogP contribution in [0.5, 0.6) is 0 Å². The molecule has 0 unspecified atom stereocenters. The van der Waals surface area contributed by atoms with E-state index in [0.717, 1.165) is 11.3 Å². The van der Waals surface area contributed by atoms with E-state index in [2.05, 4.69) is 40.5 Å². The normalized spacial score (nSPS) is 12.1. The molecule has 0 radical (unpaired) electrons. The molecule has 4 rings (SSSR count). The molecular weight excluding hydrogens is 354 g/mol. The van der Waals surface area contributed by atoms with Gasteiger partial charge in [-0.3, -0.25) is 5.10 Å². The fourth-order valence-corrected chi connectivity index (χ4v) is 2.87. The number of aryl methyl sites for hydroxylation is 1. The molecular formula is C19H18N9-. The second kappa shape index (κ2) is 6.42. The molecule has 3 heterocycles. The van der Waals surface area contributed by atoms with Gasteiger partial charge in [-0.15, -0.1) is 10.2 Å². The zero-order valence-electron chi connectivity index (χ0n) is 16.0. The van der Waals surface area contributed by atoms with Crippen molar-refractivity contribution in [3.05, 3.63) is 53.3 Å². The molecule has 0 bridgehead atoms. The zero-order valence-corrected chi connectivity index (χ0v) is 16.0. The summed E-state index contributed by atoms with van der Waals surface area (Å²) in [5, 5.41) is 24.5. The predicted molar refractivity (Wildman–Crippen MR) is 102 cm³/mol. The van der Waals surface area contributed by atoms with Crippen LogP contribution < -0.4 is 14.8 Å². The van der Waals surface area contributed by atoms with Gasteiger partial charge in [-0.1, -0.05) is 61.8 Å². The second-order valence-electron chi connectivity index (χ2n) is 7.37. The number of aromatic nitrogens is 6. The summed E-state index contributed by atoms with van der Waals surface area (Å²) >= 11 is 0. The van der Waals surface area contributed by atoms with Gasteiger partial charge in [0.2, 0.25) is 5.82 Å². The molecule has 9 nitrogen and oxygen atoms in total. The van der Waals surface area contributed by atoms with Crippen LogP contribution in [-0.4, -0.2) is 15.2 Å². The molecule has 0 saturated carbocycles. The maximum absolute atomic E-state index is 7.54. The van der Waals surface area contributed by atoms with E-state index in [1.165, 1.54) is 4.63 Å². The summed E-state index contributed by atoms with van der Waals surface area (Å²) in [7, 11) is 0. The predicted octanol–water partition coefficient (Wildman–Crippen LogP) is 3.70.